The maximum Gasteiger partial charge on any atom is 0.264 e. The van der Waals surface area contributed by atoms with E-state index in [1.165, 1.54) is 24.4 Å². The lowest BCUT2D eigenvalue weighted by Gasteiger charge is -2.27. The zero-order chi connectivity index (χ0) is 44.4. The Morgan fingerprint density at radius 3 is 2.21 bits per heavy atom. The van der Waals surface area contributed by atoms with Gasteiger partial charge in [0.05, 0.1) is 31.7 Å². The number of aryl methyl sites for hydroxylation is 1. The number of carbonyl (C=O) groups excluding carboxylic acids is 5. The molecule has 0 radical (unpaired) electrons. The number of hydrogen-bond acceptors (Lipinski definition) is 12. The zero-order valence-corrected chi connectivity index (χ0v) is 36.6. The van der Waals surface area contributed by atoms with E-state index in [1.54, 1.807) is 37.3 Å². The molecule has 3 heterocycles. The number of imide groups is 2. The number of primary amides is 1. The molecule has 0 aliphatic carbocycles. The molecule has 3 aromatic carbocycles. The smallest absolute Gasteiger partial charge is 0.264 e. The molecular weight excluding hydrogens is 885 g/mol. The second-order valence-electron chi connectivity index (χ2n) is 15.2. The molecule has 328 valence electrons. The number of benzene rings is 3. The number of piperidine rings is 1. The molecule has 6 rings (SSSR count). The molecule has 1 saturated heterocycles. The normalized spacial score (nSPS) is 15.1. The van der Waals surface area contributed by atoms with Gasteiger partial charge in [-0.25, -0.2) is 22.5 Å². The van der Waals surface area contributed by atoms with Crippen molar-refractivity contribution in [2.45, 2.75) is 94.9 Å². The summed E-state index contributed by atoms with van der Waals surface area (Å²) in [6.07, 6.45) is 11.7. The number of carbonyl (C=O) groups is 5. The first kappa shape index (κ1) is 45.7. The van der Waals surface area contributed by atoms with Gasteiger partial charge in [0, 0.05) is 37.1 Å². The predicted molar refractivity (Wildman–Crippen MR) is 235 cm³/mol. The van der Waals surface area contributed by atoms with Crippen molar-refractivity contribution in [2.24, 2.45) is 5.73 Å². The Bertz CT molecular complexity index is 2470. The van der Waals surface area contributed by atoms with E-state index in [9.17, 15) is 36.8 Å². The molecule has 1 unspecified atom stereocenters. The summed E-state index contributed by atoms with van der Waals surface area (Å²) in [6.45, 7) is 2.72. The third kappa shape index (κ3) is 11.2. The van der Waals surface area contributed by atoms with Crippen LogP contribution in [0.2, 0.25) is 0 Å². The van der Waals surface area contributed by atoms with Crippen molar-refractivity contribution in [1.82, 2.24) is 24.9 Å². The standard InChI is InChI=1S/C43H49BrFN9O7S/c1-26-24-27(18-19-31(26)51-43-48-25-29(44)39(53-43)50-33-17-13-15-30(45)37(33)38(46)56)62(60,61)49-23-11-9-7-5-3-2-4-6-8-10-22-47-32-16-12-14-28-36(32)42(59)54(41(28)58)34-20-21-35(55)52-40(34)57/h12-19,24-25,34,47,49H,2-11,20-23H2,1H3,(H2,46,56)(H,52,55,57)(H2,48,50,51,53). The van der Waals surface area contributed by atoms with Gasteiger partial charge in [-0.05, 0) is 90.1 Å². The zero-order valence-electron chi connectivity index (χ0n) is 34.2. The van der Waals surface area contributed by atoms with Crippen LogP contribution in [0.1, 0.15) is 114 Å². The molecule has 1 aromatic heterocycles. The molecule has 7 N–H and O–H groups in total. The number of nitrogens with two attached hydrogens (primary N) is 1. The van der Waals surface area contributed by atoms with Crippen LogP contribution < -0.4 is 31.7 Å². The first-order valence-corrected chi connectivity index (χ1v) is 22.9. The first-order valence-electron chi connectivity index (χ1n) is 20.6. The Morgan fingerprint density at radius 2 is 1.53 bits per heavy atom. The van der Waals surface area contributed by atoms with E-state index < -0.39 is 51.4 Å². The van der Waals surface area contributed by atoms with Crippen molar-refractivity contribution >= 4 is 84.3 Å². The number of rotatable bonds is 22. The minimum atomic E-state index is -3.73. The van der Waals surface area contributed by atoms with Gasteiger partial charge >= 0.3 is 0 Å². The number of nitrogens with one attached hydrogen (secondary N) is 5. The molecule has 16 nitrogen and oxygen atoms in total. The number of fused-ring (bicyclic) bond motifs is 1. The summed E-state index contributed by atoms with van der Waals surface area (Å²) < 4.78 is 43.5. The quantitative estimate of drug-likeness (QED) is 0.0347. The van der Waals surface area contributed by atoms with Crippen LogP contribution in [-0.2, 0) is 19.6 Å². The van der Waals surface area contributed by atoms with E-state index in [0.29, 0.717) is 34.5 Å². The minimum Gasteiger partial charge on any atom is -0.384 e. The summed E-state index contributed by atoms with van der Waals surface area (Å²) >= 11 is 3.35. The average Bonchev–Trinajstić information content (AvgIpc) is 3.48. The second kappa shape index (κ2) is 20.9. The average molecular weight is 935 g/mol. The summed E-state index contributed by atoms with van der Waals surface area (Å²) in [4.78, 5) is 71.9. The van der Waals surface area contributed by atoms with Crippen molar-refractivity contribution < 1.29 is 36.8 Å². The van der Waals surface area contributed by atoms with Crippen LogP contribution in [0.15, 0.2) is 70.2 Å². The Labute approximate surface area is 367 Å². The maximum atomic E-state index is 14.3. The summed E-state index contributed by atoms with van der Waals surface area (Å²) in [5.41, 5.74) is 7.50. The fourth-order valence-electron chi connectivity index (χ4n) is 7.42. The molecular formula is C43H49BrFN9O7S. The number of sulfonamides is 1. The lowest BCUT2D eigenvalue weighted by molar-refractivity contribution is -0.136. The fourth-order valence-corrected chi connectivity index (χ4v) is 8.87. The fraction of sp³-hybridized carbons (Fsp3) is 0.372. The number of halogens is 2. The largest absolute Gasteiger partial charge is 0.384 e. The summed E-state index contributed by atoms with van der Waals surface area (Å²) in [6, 6.07) is 12.8. The monoisotopic (exact) mass is 933 g/mol. The Balaban J connectivity index is 0.838. The first-order chi connectivity index (χ1) is 29.7. The van der Waals surface area contributed by atoms with E-state index in [1.807, 2.05) is 0 Å². The second-order valence-corrected chi connectivity index (χ2v) is 17.8. The van der Waals surface area contributed by atoms with Gasteiger partial charge < -0.3 is 21.7 Å². The molecule has 0 saturated carbocycles. The number of amides is 5. The van der Waals surface area contributed by atoms with Gasteiger partial charge in [-0.2, -0.15) is 4.98 Å². The van der Waals surface area contributed by atoms with Gasteiger partial charge in [-0.1, -0.05) is 63.5 Å². The van der Waals surface area contributed by atoms with Crippen LogP contribution in [0.5, 0.6) is 0 Å². The molecule has 1 atom stereocenters. The number of aromatic nitrogens is 2. The highest BCUT2D eigenvalue weighted by atomic mass is 79.9. The van der Waals surface area contributed by atoms with Crippen molar-refractivity contribution in [3.05, 3.63) is 93.3 Å². The third-order valence-electron chi connectivity index (χ3n) is 10.7. The van der Waals surface area contributed by atoms with Crippen LogP contribution >= 0.6 is 15.9 Å². The molecule has 62 heavy (non-hydrogen) atoms. The highest BCUT2D eigenvalue weighted by Crippen LogP contribution is 2.33. The Hall–Kier alpha value is -5.79. The van der Waals surface area contributed by atoms with E-state index in [-0.39, 0.29) is 51.9 Å². The number of unbranched alkanes of at least 4 members (excludes halogenated alkanes) is 9. The SMILES string of the molecule is Cc1cc(S(=O)(=O)NCCCCCCCCCCCCNc2cccc3c2C(=O)N(C2CCC(=O)NC2=O)C3=O)ccc1Nc1ncc(Br)c(Nc2cccc(F)c2C(N)=O)n1. The molecule has 2 aliphatic heterocycles. The molecule has 0 spiro atoms. The van der Waals surface area contributed by atoms with Gasteiger partial charge in [0.25, 0.3) is 17.7 Å². The summed E-state index contributed by atoms with van der Waals surface area (Å²) in [7, 11) is -3.73. The van der Waals surface area contributed by atoms with E-state index >= 15 is 0 Å². The highest BCUT2D eigenvalue weighted by molar-refractivity contribution is 9.10. The van der Waals surface area contributed by atoms with E-state index in [0.717, 1.165) is 75.2 Å². The van der Waals surface area contributed by atoms with Crippen LogP contribution in [0.3, 0.4) is 0 Å². The van der Waals surface area contributed by atoms with Crippen molar-refractivity contribution in [2.75, 3.05) is 29.0 Å². The van der Waals surface area contributed by atoms with E-state index in [4.69, 9.17) is 5.73 Å². The van der Waals surface area contributed by atoms with Gasteiger partial charge in [-0.3, -0.25) is 34.2 Å². The predicted octanol–water partition coefficient (Wildman–Crippen LogP) is 6.97. The molecule has 0 bridgehead atoms. The topological polar surface area (TPSA) is 235 Å². The number of nitrogens with zero attached hydrogens (tertiary/aromatic N) is 3. The van der Waals surface area contributed by atoms with Crippen molar-refractivity contribution in [3.8, 4) is 0 Å². The number of anilines is 5. The van der Waals surface area contributed by atoms with Gasteiger partial charge in [0.15, 0.2) is 0 Å². The Morgan fingerprint density at radius 1 is 0.871 bits per heavy atom. The van der Waals surface area contributed by atoms with Crippen LogP contribution in [0.4, 0.5) is 33.2 Å². The number of hydrogen-bond donors (Lipinski definition) is 6. The molecule has 1 fully saturated rings. The van der Waals surface area contributed by atoms with Gasteiger partial charge in [-0.15, -0.1) is 0 Å². The minimum absolute atomic E-state index is 0.0719. The van der Waals surface area contributed by atoms with Crippen LogP contribution in [0, 0.1) is 12.7 Å². The lowest BCUT2D eigenvalue weighted by atomic mass is 10.0. The van der Waals surface area contributed by atoms with Gasteiger partial charge in [0.2, 0.25) is 27.8 Å². The molecule has 5 amide bonds. The van der Waals surface area contributed by atoms with Gasteiger partial charge in [0.1, 0.15) is 17.7 Å². The van der Waals surface area contributed by atoms with Crippen molar-refractivity contribution in [3.63, 3.8) is 0 Å². The highest BCUT2D eigenvalue weighted by Gasteiger charge is 2.45. The molecule has 2 aliphatic rings. The maximum absolute atomic E-state index is 14.3. The van der Waals surface area contributed by atoms with E-state index in [2.05, 4.69) is 51.9 Å². The van der Waals surface area contributed by atoms with Crippen LogP contribution in [0.25, 0.3) is 0 Å². The van der Waals surface area contributed by atoms with Crippen molar-refractivity contribution in [1.29, 1.82) is 0 Å². The lowest BCUT2D eigenvalue weighted by Crippen LogP contribution is -2.54. The van der Waals surface area contributed by atoms with Crippen LogP contribution in [-0.4, -0.2) is 72.0 Å². The molecule has 4 aromatic rings. The Kier molecular flexibility index (Phi) is 15.4. The molecule has 19 heteroatoms. The summed E-state index contributed by atoms with van der Waals surface area (Å²) in [5, 5.41) is 11.5. The third-order valence-corrected chi connectivity index (χ3v) is 12.7. The summed E-state index contributed by atoms with van der Waals surface area (Å²) in [5.74, 6) is -3.38.